The standard InChI is InChI=1S/C13H24.C10H20N2.C9H18N2.C8H16N2.C8H15N.C7H14N2/c1-11-3-7-13(8-4-11)9-5-12(2)6-10-13;1-11-6-3-10(4-7-11)5-8-12(2)9-10;1-10-5-3-9(4-6-10)7-11(2)8-9;1-9-4-3-8(5-9)6-10(2)7-8;1-7-5-8(3-4-8)6-9(7)2;1-8-3-7(4-8)5-9(2)6-7/h11-12H,3-10H2,1-2H3;3-9H2,1-2H3;3-8H2,1-2H3;3-7H2,1-2H3;7H,3-6H2,1-2H3;3-6H2,1-2H3. The lowest BCUT2D eigenvalue weighted by molar-refractivity contribution is -0.0926. The molecule has 64 heavy (non-hydrogen) atoms. The van der Waals surface area contributed by atoms with Gasteiger partial charge in [0.05, 0.1) is 0 Å². The van der Waals surface area contributed by atoms with Gasteiger partial charge in [0, 0.05) is 88.9 Å². The van der Waals surface area contributed by atoms with Gasteiger partial charge < -0.3 is 44.1 Å². The van der Waals surface area contributed by atoms with Gasteiger partial charge in [0.15, 0.2) is 0 Å². The van der Waals surface area contributed by atoms with Crippen LogP contribution in [0.25, 0.3) is 0 Å². The summed E-state index contributed by atoms with van der Waals surface area (Å²) in [6.07, 6.45) is 25.2. The van der Waals surface area contributed by atoms with Gasteiger partial charge in [-0.3, -0.25) is 0 Å². The Hall–Kier alpha value is -0.360. The molecule has 12 aliphatic rings. The summed E-state index contributed by atoms with van der Waals surface area (Å²) in [5.74, 6) is 2.04. The minimum absolute atomic E-state index is 0.710. The summed E-state index contributed by atoms with van der Waals surface area (Å²) in [5.41, 5.74) is 4.53. The Bertz CT molecular complexity index is 1330. The van der Waals surface area contributed by atoms with Gasteiger partial charge in [-0.1, -0.05) is 39.5 Å². The molecule has 9 heterocycles. The molecular weight excluding hydrogens is 787 g/mol. The molecular formula is C55H107N9. The Morgan fingerprint density at radius 3 is 0.891 bits per heavy atom. The molecule has 9 aliphatic heterocycles. The molecule has 12 fully saturated rings. The molecule has 0 N–H and O–H groups in total. The first-order valence-corrected chi connectivity index (χ1v) is 27.4. The summed E-state index contributed by atoms with van der Waals surface area (Å²) in [6, 6.07) is 0.854. The van der Waals surface area contributed by atoms with Crippen molar-refractivity contribution in [1.29, 1.82) is 0 Å². The van der Waals surface area contributed by atoms with Crippen molar-refractivity contribution in [2.45, 2.75) is 136 Å². The Kier molecular flexibility index (Phi) is 17.2. The van der Waals surface area contributed by atoms with Crippen LogP contribution in [0.1, 0.15) is 130 Å². The summed E-state index contributed by atoms with van der Waals surface area (Å²) in [6.45, 7) is 29.8. The largest absolute Gasteiger partial charge is 0.306 e. The molecule has 9 heteroatoms. The second-order valence-corrected chi connectivity index (χ2v) is 27.1. The summed E-state index contributed by atoms with van der Waals surface area (Å²) in [4.78, 5) is 22.0. The number of nitrogens with zero attached hydrogens (tertiary/aromatic N) is 9. The maximum atomic E-state index is 2.49. The molecule has 9 saturated heterocycles. The second-order valence-electron chi connectivity index (χ2n) is 27.1. The van der Waals surface area contributed by atoms with Crippen LogP contribution in [0.2, 0.25) is 0 Å². The SMILES string of the molecule is CC1CC2(CC2)CN1C.CC1CCC2(CC1)CCC(C)CC2.CN1CC2(C1)CN(C)C2.CN1CCC2(C1)CN(C)C2.CN1CCC2(CC1)CCN(C)C2.CN1CCC2(CC1)CN(C)C2. The molecule has 1 atom stereocenters. The molecule has 3 saturated carbocycles. The van der Waals surface area contributed by atoms with Crippen LogP contribution in [0.15, 0.2) is 0 Å². The fourth-order valence-electron chi connectivity index (χ4n) is 15.4. The normalized spacial score (nSPS) is 36.5. The minimum atomic E-state index is 0.710. The molecule has 0 amide bonds. The van der Waals surface area contributed by atoms with Crippen molar-refractivity contribution in [2.24, 2.45) is 44.3 Å². The minimum Gasteiger partial charge on any atom is -0.306 e. The van der Waals surface area contributed by atoms with Crippen molar-refractivity contribution >= 4 is 0 Å². The van der Waals surface area contributed by atoms with E-state index >= 15 is 0 Å². The first kappa shape index (κ1) is 51.5. The molecule has 0 aromatic carbocycles. The Labute approximate surface area is 397 Å². The molecule has 12 rings (SSSR count). The van der Waals surface area contributed by atoms with Crippen molar-refractivity contribution in [3.63, 3.8) is 0 Å². The third-order valence-electron chi connectivity index (χ3n) is 19.9. The second kappa shape index (κ2) is 21.3. The quantitative estimate of drug-likeness (QED) is 0.243. The first-order valence-electron chi connectivity index (χ1n) is 27.4. The predicted molar refractivity (Wildman–Crippen MR) is 273 cm³/mol. The van der Waals surface area contributed by atoms with Crippen LogP contribution in [0.4, 0.5) is 0 Å². The lowest BCUT2D eigenvalue weighted by Gasteiger charge is -2.58. The van der Waals surface area contributed by atoms with E-state index in [0.29, 0.717) is 10.8 Å². The molecule has 9 nitrogen and oxygen atoms in total. The van der Waals surface area contributed by atoms with Crippen molar-refractivity contribution in [3.8, 4) is 0 Å². The van der Waals surface area contributed by atoms with E-state index in [2.05, 4.69) is 128 Å². The van der Waals surface area contributed by atoms with Crippen LogP contribution >= 0.6 is 0 Å². The molecule has 0 radical (unpaired) electrons. The molecule has 6 spiro atoms. The third-order valence-corrected chi connectivity index (χ3v) is 19.9. The zero-order valence-electron chi connectivity index (χ0n) is 44.8. The van der Waals surface area contributed by atoms with E-state index in [4.69, 9.17) is 0 Å². The van der Waals surface area contributed by atoms with Crippen molar-refractivity contribution < 1.29 is 0 Å². The maximum absolute atomic E-state index is 2.49. The summed E-state index contributed by atoms with van der Waals surface area (Å²) in [5, 5.41) is 0. The third kappa shape index (κ3) is 13.7. The Balaban J connectivity index is 0.000000115. The fourth-order valence-corrected chi connectivity index (χ4v) is 15.4. The van der Waals surface area contributed by atoms with E-state index in [9.17, 15) is 0 Å². The zero-order chi connectivity index (χ0) is 46.0. The highest BCUT2D eigenvalue weighted by molar-refractivity contribution is 5.04. The first-order chi connectivity index (χ1) is 30.2. The molecule has 372 valence electrons. The number of piperidine rings is 2. The zero-order valence-corrected chi connectivity index (χ0v) is 44.8. The van der Waals surface area contributed by atoms with Gasteiger partial charge in [0.25, 0.3) is 0 Å². The topological polar surface area (TPSA) is 29.2 Å². The van der Waals surface area contributed by atoms with E-state index in [-0.39, 0.29) is 0 Å². The molecule has 0 bridgehead atoms. The predicted octanol–water partition coefficient (Wildman–Crippen LogP) is 7.68. The van der Waals surface area contributed by atoms with Crippen molar-refractivity contribution in [3.05, 3.63) is 0 Å². The number of hydrogen-bond donors (Lipinski definition) is 0. The number of hydrogen-bond acceptors (Lipinski definition) is 9. The highest BCUT2D eigenvalue weighted by Gasteiger charge is 2.50. The van der Waals surface area contributed by atoms with Gasteiger partial charge in [0.1, 0.15) is 0 Å². The van der Waals surface area contributed by atoms with E-state index in [1.54, 1.807) is 25.7 Å². The monoisotopic (exact) mass is 894 g/mol. The molecule has 0 aromatic heterocycles. The lowest BCUT2D eigenvalue weighted by atomic mass is 9.62. The van der Waals surface area contributed by atoms with E-state index in [1.165, 1.54) is 195 Å². The maximum Gasteiger partial charge on any atom is 0.0211 e. The Morgan fingerprint density at radius 1 is 0.266 bits per heavy atom. The fraction of sp³-hybridized carbons (Fsp3) is 1.00. The van der Waals surface area contributed by atoms with Crippen LogP contribution in [0.5, 0.6) is 0 Å². The van der Waals surface area contributed by atoms with Crippen LogP contribution < -0.4 is 0 Å². The van der Waals surface area contributed by atoms with Crippen molar-refractivity contribution in [1.82, 2.24) is 44.1 Å². The van der Waals surface area contributed by atoms with Gasteiger partial charge in [-0.15, -0.1) is 0 Å². The van der Waals surface area contributed by atoms with Gasteiger partial charge >= 0.3 is 0 Å². The van der Waals surface area contributed by atoms with E-state index < -0.39 is 0 Å². The van der Waals surface area contributed by atoms with Gasteiger partial charge in [0.2, 0.25) is 0 Å². The van der Waals surface area contributed by atoms with E-state index in [1.807, 2.05) is 0 Å². The van der Waals surface area contributed by atoms with Gasteiger partial charge in [-0.25, -0.2) is 0 Å². The van der Waals surface area contributed by atoms with E-state index in [0.717, 1.165) is 39.5 Å². The summed E-state index contributed by atoms with van der Waals surface area (Å²) >= 11 is 0. The highest BCUT2D eigenvalue weighted by atomic mass is 15.3. The van der Waals surface area contributed by atoms with Crippen molar-refractivity contribution in [2.75, 3.05) is 175 Å². The Morgan fingerprint density at radius 2 is 0.578 bits per heavy atom. The summed E-state index contributed by atoms with van der Waals surface area (Å²) < 4.78 is 0. The molecule has 0 aromatic rings. The summed E-state index contributed by atoms with van der Waals surface area (Å²) in [7, 11) is 20.0. The van der Waals surface area contributed by atoms with Crippen LogP contribution in [-0.2, 0) is 0 Å². The molecule has 3 aliphatic carbocycles. The number of likely N-dealkylation sites (tertiary alicyclic amines) is 9. The van der Waals surface area contributed by atoms with Crippen LogP contribution in [-0.4, -0.2) is 225 Å². The van der Waals surface area contributed by atoms with Crippen LogP contribution in [0, 0.1) is 44.3 Å². The molecule has 1 unspecified atom stereocenters. The van der Waals surface area contributed by atoms with Crippen LogP contribution in [0.3, 0.4) is 0 Å². The van der Waals surface area contributed by atoms with Gasteiger partial charge in [-0.2, -0.15) is 0 Å². The average Bonchev–Trinajstić information content (AvgIpc) is 3.53. The number of rotatable bonds is 0. The lowest BCUT2D eigenvalue weighted by Crippen LogP contribution is -2.70. The highest BCUT2D eigenvalue weighted by Crippen LogP contribution is 2.54. The smallest absolute Gasteiger partial charge is 0.0211 e. The van der Waals surface area contributed by atoms with Gasteiger partial charge in [-0.05, 0) is 227 Å². The average molecular weight is 895 g/mol.